The molecule has 1 saturated heterocycles. The minimum atomic E-state index is -0.805. The van der Waals surface area contributed by atoms with E-state index >= 15 is 0 Å². The van der Waals surface area contributed by atoms with Crippen LogP contribution in [0, 0.1) is 5.92 Å². The third-order valence-corrected chi connectivity index (χ3v) is 3.66. The van der Waals surface area contributed by atoms with Gasteiger partial charge in [0.1, 0.15) is 6.04 Å². The van der Waals surface area contributed by atoms with Crippen molar-refractivity contribution >= 4 is 11.9 Å². The number of benzene rings is 1. The Labute approximate surface area is 119 Å². The number of nitrogens with one attached hydrogen (secondary N) is 1. The second kappa shape index (κ2) is 6.52. The molecule has 1 aromatic carbocycles. The first-order valence-corrected chi connectivity index (χ1v) is 6.97. The first-order chi connectivity index (χ1) is 9.58. The molecule has 1 aliphatic rings. The van der Waals surface area contributed by atoms with Crippen LogP contribution in [0.2, 0.25) is 0 Å². The van der Waals surface area contributed by atoms with E-state index in [4.69, 9.17) is 5.73 Å². The van der Waals surface area contributed by atoms with E-state index in [1.54, 1.807) is 0 Å². The fraction of sp³-hybridized carbons (Fsp3) is 0.467. The minimum absolute atomic E-state index is 0.349. The van der Waals surface area contributed by atoms with Gasteiger partial charge in [0.25, 0.3) is 0 Å². The van der Waals surface area contributed by atoms with Crippen LogP contribution >= 0.6 is 0 Å². The van der Waals surface area contributed by atoms with E-state index in [9.17, 15) is 9.59 Å². The number of nitrogens with zero attached hydrogens (tertiary/aromatic N) is 1. The number of hydrogen-bond acceptors (Lipinski definition) is 3. The van der Waals surface area contributed by atoms with Crippen LogP contribution in [0.4, 0.5) is 4.79 Å². The van der Waals surface area contributed by atoms with Gasteiger partial charge in [0, 0.05) is 6.54 Å². The molecule has 20 heavy (non-hydrogen) atoms. The molecule has 1 fully saturated rings. The van der Waals surface area contributed by atoms with Crippen molar-refractivity contribution in [3.8, 4) is 0 Å². The summed E-state index contributed by atoms with van der Waals surface area (Å²) in [6, 6.07) is 8.26. The number of hydrogen-bond donors (Lipinski definition) is 2. The normalized spacial score (nSPS) is 21.1. The average molecular weight is 275 g/mol. The molecule has 108 valence electrons. The Bertz CT molecular complexity index is 475. The molecule has 0 saturated carbocycles. The number of likely N-dealkylation sites (tertiary alicyclic amines) is 1. The van der Waals surface area contributed by atoms with Crippen molar-refractivity contribution in [1.29, 1.82) is 0 Å². The summed E-state index contributed by atoms with van der Waals surface area (Å²) >= 11 is 0. The van der Waals surface area contributed by atoms with Gasteiger partial charge in [-0.25, -0.2) is 4.79 Å². The van der Waals surface area contributed by atoms with Crippen molar-refractivity contribution in [3.63, 3.8) is 0 Å². The molecule has 2 unspecified atom stereocenters. The van der Waals surface area contributed by atoms with Gasteiger partial charge in [-0.2, -0.15) is 0 Å². The Morgan fingerprint density at radius 2 is 2.05 bits per heavy atom. The molecule has 5 nitrogen and oxygen atoms in total. The lowest BCUT2D eigenvalue weighted by Gasteiger charge is -2.36. The van der Waals surface area contributed by atoms with Crippen LogP contribution in [-0.4, -0.2) is 29.9 Å². The SMILES string of the molecule is CC1CCCN(C(C(=O)NC(N)=O)c2ccccc2)C1. The summed E-state index contributed by atoms with van der Waals surface area (Å²) < 4.78 is 0. The molecular weight excluding hydrogens is 254 g/mol. The standard InChI is InChI=1S/C15H21N3O2/c1-11-6-5-9-18(10-11)13(14(19)17-15(16)20)12-7-3-2-4-8-12/h2-4,7-8,11,13H,5-6,9-10H2,1H3,(H3,16,17,19,20). The van der Waals surface area contributed by atoms with E-state index in [1.165, 1.54) is 6.42 Å². The smallest absolute Gasteiger partial charge is 0.318 e. The predicted octanol–water partition coefficient (Wildman–Crippen LogP) is 1.65. The number of primary amides is 1. The number of imide groups is 1. The van der Waals surface area contributed by atoms with Crippen LogP contribution in [0.3, 0.4) is 0 Å². The number of rotatable bonds is 3. The molecule has 5 heteroatoms. The summed E-state index contributed by atoms with van der Waals surface area (Å²) in [6.45, 7) is 3.89. The highest BCUT2D eigenvalue weighted by molar-refractivity contribution is 5.96. The minimum Gasteiger partial charge on any atom is -0.351 e. The number of piperidine rings is 1. The second-order valence-corrected chi connectivity index (χ2v) is 5.41. The van der Waals surface area contributed by atoms with Crippen molar-refractivity contribution in [2.45, 2.75) is 25.8 Å². The van der Waals surface area contributed by atoms with Crippen LogP contribution in [-0.2, 0) is 4.79 Å². The van der Waals surface area contributed by atoms with Crippen LogP contribution in [0.25, 0.3) is 0 Å². The lowest BCUT2D eigenvalue weighted by molar-refractivity contribution is -0.126. The Morgan fingerprint density at radius 3 is 2.65 bits per heavy atom. The highest BCUT2D eigenvalue weighted by Crippen LogP contribution is 2.26. The zero-order chi connectivity index (χ0) is 14.5. The van der Waals surface area contributed by atoms with E-state index in [2.05, 4.69) is 17.1 Å². The first kappa shape index (κ1) is 14.5. The number of carbonyl (C=O) groups is 2. The molecule has 0 aromatic heterocycles. The van der Waals surface area contributed by atoms with Crippen LogP contribution in [0.1, 0.15) is 31.4 Å². The monoisotopic (exact) mass is 275 g/mol. The number of carbonyl (C=O) groups excluding carboxylic acids is 2. The number of nitrogens with two attached hydrogens (primary N) is 1. The maximum Gasteiger partial charge on any atom is 0.318 e. The highest BCUT2D eigenvalue weighted by atomic mass is 16.2. The van der Waals surface area contributed by atoms with E-state index in [0.717, 1.165) is 25.1 Å². The lowest BCUT2D eigenvalue weighted by atomic mass is 9.96. The molecule has 0 radical (unpaired) electrons. The van der Waals surface area contributed by atoms with Crippen LogP contribution in [0.5, 0.6) is 0 Å². The molecule has 0 spiro atoms. The summed E-state index contributed by atoms with van der Waals surface area (Å²) in [5.74, 6) is 0.203. The van der Waals surface area contributed by atoms with Crippen LogP contribution in [0.15, 0.2) is 30.3 Å². The topological polar surface area (TPSA) is 75.4 Å². The second-order valence-electron chi connectivity index (χ2n) is 5.41. The van der Waals surface area contributed by atoms with Gasteiger partial charge in [-0.05, 0) is 30.9 Å². The van der Waals surface area contributed by atoms with Gasteiger partial charge < -0.3 is 5.73 Å². The van der Waals surface area contributed by atoms with Crippen molar-refractivity contribution in [2.75, 3.05) is 13.1 Å². The molecule has 0 bridgehead atoms. The number of urea groups is 1. The summed E-state index contributed by atoms with van der Waals surface area (Å²) in [4.78, 5) is 25.4. The molecule has 3 amide bonds. The van der Waals surface area contributed by atoms with Crippen LogP contribution < -0.4 is 11.1 Å². The van der Waals surface area contributed by atoms with Crippen molar-refractivity contribution < 1.29 is 9.59 Å². The van der Waals surface area contributed by atoms with Crippen molar-refractivity contribution in [2.24, 2.45) is 11.7 Å². The molecular formula is C15H21N3O2. The van der Waals surface area contributed by atoms with Gasteiger partial charge in [-0.15, -0.1) is 0 Å². The third-order valence-electron chi connectivity index (χ3n) is 3.66. The Morgan fingerprint density at radius 1 is 1.35 bits per heavy atom. The Hall–Kier alpha value is -1.88. The average Bonchev–Trinajstić information content (AvgIpc) is 2.39. The third kappa shape index (κ3) is 3.57. The molecule has 3 N–H and O–H groups in total. The van der Waals surface area contributed by atoms with E-state index in [1.807, 2.05) is 30.3 Å². The fourth-order valence-corrected chi connectivity index (χ4v) is 2.81. The zero-order valence-corrected chi connectivity index (χ0v) is 11.7. The van der Waals surface area contributed by atoms with Gasteiger partial charge >= 0.3 is 6.03 Å². The summed E-state index contributed by atoms with van der Waals surface area (Å²) in [6.07, 6.45) is 2.24. The molecule has 1 aromatic rings. The largest absolute Gasteiger partial charge is 0.351 e. The van der Waals surface area contributed by atoms with Crippen molar-refractivity contribution in [1.82, 2.24) is 10.2 Å². The van der Waals surface area contributed by atoms with Gasteiger partial charge in [-0.3, -0.25) is 15.0 Å². The summed E-state index contributed by atoms with van der Waals surface area (Å²) in [5, 5.41) is 2.21. The van der Waals surface area contributed by atoms with Gasteiger partial charge in [0.2, 0.25) is 5.91 Å². The van der Waals surface area contributed by atoms with Gasteiger partial charge in [0.15, 0.2) is 0 Å². The lowest BCUT2D eigenvalue weighted by Crippen LogP contribution is -2.47. The Kier molecular flexibility index (Phi) is 4.74. The molecule has 2 rings (SSSR count). The maximum atomic E-state index is 12.3. The predicted molar refractivity (Wildman–Crippen MR) is 76.9 cm³/mol. The molecule has 1 aliphatic heterocycles. The van der Waals surface area contributed by atoms with Crippen molar-refractivity contribution in [3.05, 3.63) is 35.9 Å². The van der Waals surface area contributed by atoms with E-state index in [-0.39, 0.29) is 5.91 Å². The molecule has 2 atom stereocenters. The first-order valence-electron chi connectivity index (χ1n) is 6.97. The number of amides is 3. The van der Waals surface area contributed by atoms with E-state index < -0.39 is 12.1 Å². The maximum absolute atomic E-state index is 12.3. The van der Waals surface area contributed by atoms with Gasteiger partial charge in [0.05, 0.1) is 0 Å². The fourth-order valence-electron chi connectivity index (χ4n) is 2.81. The quantitative estimate of drug-likeness (QED) is 0.880. The highest BCUT2D eigenvalue weighted by Gasteiger charge is 2.31. The van der Waals surface area contributed by atoms with Gasteiger partial charge in [-0.1, -0.05) is 37.3 Å². The molecule has 0 aliphatic carbocycles. The van der Waals surface area contributed by atoms with E-state index in [0.29, 0.717) is 5.92 Å². The Balaban J connectivity index is 2.24. The molecule has 1 heterocycles. The summed E-state index contributed by atoms with van der Waals surface area (Å²) in [5.41, 5.74) is 5.97. The summed E-state index contributed by atoms with van der Waals surface area (Å²) in [7, 11) is 0. The zero-order valence-electron chi connectivity index (χ0n) is 11.7.